The second-order valence-corrected chi connectivity index (χ2v) is 6.74. The van der Waals surface area contributed by atoms with Gasteiger partial charge in [-0.15, -0.1) is 0 Å². The summed E-state index contributed by atoms with van der Waals surface area (Å²) in [4.78, 5) is 4.50. The summed E-state index contributed by atoms with van der Waals surface area (Å²) in [5, 5.41) is 13.8. The van der Waals surface area contributed by atoms with Gasteiger partial charge in [0.25, 0.3) is 0 Å². The van der Waals surface area contributed by atoms with Crippen LogP contribution in [0.15, 0.2) is 42.6 Å². The Bertz CT molecular complexity index is 873. The standard InChI is InChI=1S/C20H24FN3O/c1-13(2)19(12-25)22-11-18-16(21)6-7-17(23-18)15-5-4-14-8-9-24(3)20(14)10-15/h4-10,13,19,22,25H,11-12H2,1-3H3/t19-/m0/s1. The van der Waals surface area contributed by atoms with Crippen LogP contribution in [0.3, 0.4) is 0 Å². The molecule has 2 aromatic heterocycles. The van der Waals surface area contributed by atoms with E-state index in [1.165, 1.54) is 6.07 Å². The fourth-order valence-electron chi connectivity index (χ4n) is 2.93. The van der Waals surface area contributed by atoms with Crippen molar-refractivity contribution in [3.8, 4) is 11.3 Å². The van der Waals surface area contributed by atoms with E-state index >= 15 is 0 Å². The Morgan fingerprint density at radius 1 is 1.20 bits per heavy atom. The van der Waals surface area contributed by atoms with E-state index < -0.39 is 0 Å². The maximum Gasteiger partial charge on any atom is 0.146 e. The molecule has 0 aliphatic heterocycles. The largest absolute Gasteiger partial charge is 0.395 e. The Hall–Kier alpha value is -2.24. The van der Waals surface area contributed by atoms with E-state index in [4.69, 9.17) is 0 Å². The lowest BCUT2D eigenvalue weighted by atomic mass is 10.1. The zero-order chi connectivity index (χ0) is 18.0. The molecule has 3 rings (SSSR count). The van der Waals surface area contributed by atoms with Crippen LogP contribution < -0.4 is 5.32 Å². The van der Waals surface area contributed by atoms with Gasteiger partial charge < -0.3 is 15.0 Å². The summed E-state index contributed by atoms with van der Waals surface area (Å²) in [7, 11) is 2.00. The molecule has 3 aromatic rings. The van der Waals surface area contributed by atoms with Gasteiger partial charge in [0.05, 0.1) is 18.0 Å². The molecule has 5 heteroatoms. The molecule has 0 saturated carbocycles. The number of pyridine rings is 1. The van der Waals surface area contributed by atoms with Gasteiger partial charge in [0.1, 0.15) is 5.82 Å². The topological polar surface area (TPSA) is 50.1 Å². The number of aliphatic hydroxyl groups excluding tert-OH is 1. The van der Waals surface area contributed by atoms with Crippen LogP contribution in [0, 0.1) is 11.7 Å². The number of nitrogens with one attached hydrogen (secondary N) is 1. The van der Waals surface area contributed by atoms with Crippen LogP contribution in [-0.4, -0.2) is 27.3 Å². The Morgan fingerprint density at radius 3 is 2.72 bits per heavy atom. The van der Waals surface area contributed by atoms with Crippen LogP contribution >= 0.6 is 0 Å². The van der Waals surface area contributed by atoms with Crippen LogP contribution in [0.2, 0.25) is 0 Å². The van der Waals surface area contributed by atoms with Gasteiger partial charge in [0, 0.05) is 36.9 Å². The monoisotopic (exact) mass is 341 g/mol. The molecule has 0 radical (unpaired) electrons. The van der Waals surface area contributed by atoms with E-state index in [-0.39, 0.29) is 30.9 Å². The van der Waals surface area contributed by atoms with E-state index in [1.807, 2.05) is 39.2 Å². The molecule has 25 heavy (non-hydrogen) atoms. The summed E-state index contributed by atoms with van der Waals surface area (Å²) in [6, 6.07) is 11.3. The van der Waals surface area contributed by atoms with Gasteiger partial charge in [-0.1, -0.05) is 26.0 Å². The number of fused-ring (bicyclic) bond motifs is 1. The summed E-state index contributed by atoms with van der Waals surface area (Å²) >= 11 is 0. The van der Waals surface area contributed by atoms with Crippen LogP contribution in [0.5, 0.6) is 0 Å². The van der Waals surface area contributed by atoms with Gasteiger partial charge in [0.2, 0.25) is 0 Å². The molecule has 2 heterocycles. The maximum atomic E-state index is 14.1. The second-order valence-electron chi connectivity index (χ2n) is 6.74. The quantitative estimate of drug-likeness (QED) is 0.722. The predicted octanol–water partition coefficient (Wildman–Crippen LogP) is 3.49. The first kappa shape index (κ1) is 17.6. The Balaban J connectivity index is 1.88. The normalized spacial score (nSPS) is 12.9. The molecule has 4 nitrogen and oxygen atoms in total. The van der Waals surface area contributed by atoms with Crippen LogP contribution in [0.25, 0.3) is 22.2 Å². The van der Waals surface area contributed by atoms with Gasteiger partial charge in [-0.25, -0.2) is 9.37 Å². The highest BCUT2D eigenvalue weighted by Crippen LogP contribution is 2.24. The van der Waals surface area contributed by atoms with E-state index in [1.54, 1.807) is 6.07 Å². The Labute approximate surface area is 147 Å². The zero-order valence-corrected chi connectivity index (χ0v) is 14.8. The van der Waals surface area contributed by atoms with Crippen molar-refractivity contribution in [3.63, 3.8) is 0 Å². The van der Waals surface area contributed by atoms with Crippen molar-refractivity contribution >= 4 is 10.9 Å². The van der Waals surface area contributed by atoms with Crippen molar-refractivity contribution < 1.29 is 9.50 Å². The van der Waals surface area contributed by atoms with Crippen LogP contribution in [0.4, 0.5) is 4.39 Å². The van der Waals surface area contributed by atoms with Crippen molar-refractivity contribution in [1.82, 2.24) is 14.9 Å². The fourth-order valence-corrected chi connectivity index (χ4v) is 2.93. The van der Waals surface area contributed by atoms with Gasteiger partial charge >= 0.3 is 0 Å². The highest BCUT2D eigenvalue weighted by molar-refractivity contribution is 5.84. The molecule has 0 saturated heterocycles. The molecule has 0 fully saturated rings. The van der Waals surface area contributed by atoms with Gasteiger partial charge in [0.15, 0.2) is 0 Å². The number of nitrogens with zero attached hydrogens (tertiary/aromatic N) is 2. The summed E-state index contributed by atoms with van der Waals surface area (Å²) in [5.74, 6) is -0.0763. The number of benzene rings is 1. The van der Waals surface area contributed by atoms with Crippen molar-refractivity contribution in [1.29, 1.82) is 0 Å². The highest BCUT2D eigenvalue weighted by Gasteiger charge is 2.14. The first-order valence-electron chi connectivity index (χ1n) is 8.54. The molecule has 0 aliphatic carbocycles. The third kappa shape index (κ3) is 3.72. The molecule has 0 bridgehead atoms. The number of rotatable bonds is 6. The zero-order valence-electron chi connectivity index (χ0n) is 14.8. The van der Waals surface area contributed by atoms with E-state index in [0.29, 0.717) is 5.69 Å². The molecule has 0 amide bonds. The van der Waals surface area contributed by atoms with Crippen molar-refractivity contribution in [3.05, 3.63) is 54.1 Å². The van der Waals surface area contributed by atoms with Gasteiger partial charge in [-0.3, -0.25) is 0 Å². The molecule has 0 unspecified atom stereocenters. The average Bonchev–Trinajstić information content (AvgIpc) is 2.97. The number of aromatic nitrogens is 2. The highest BCUT2D eigenvalue weighted by atomic mass is 19.1. The van der Waals surface area contributed by atoms with Crippen molar-refractivity contribution in [2.75, 3.05) is 6.61 Å². The lowest BCUT2D eigenvalue weighted by Gasteiger charge is -2.20. The van der Waals surface area contributed by atoms with Crippen LogP contribution in [0.1, 0.15) is 19.5 Å². The molecule has 0 aliphatic rings. The lowest BCUT2D eigenvalue weighted by Crippen LogP contribution is -2.36. The average molecular weight is 341 g/mol. The summed E-state index contributed by atoms with van der Waals surface area (Å²) in [6.07, 6.45) is 2.02. The minimum Gasteiger partial charge on any atom is -0.395 e. The molecule has 1 aromatic carbocycles. The third-order valence-electron chi connectivity index (χ3n) is 4.64. The molecule has 1 atom stereocenters. The lowest BCUT2D eigenvalue weighted by molar-refractivity contribution is 0.209. The molecule has 132 valence electrons. The van der Waals surface area contributed by atoms with Crippen molar-refractivity contribution in [2.45, 2.75) is 26.4 Å². The maximum absolute atomic E-state index is 14.1. The second kappa shape index (κ2) is 7.33. The Kier molecular flexibility index (Phi) is 5.16. The smallest absolute Gasteiger partial charge is 0.146 e. The Morgan fingerprint density at radius 2 is 2.00 bits per heavy atom. The SMILES string of the molecule is CC(C)[C@H](CO)NCc1nc(-c2ccc3ccn(C)c3c2)ccc1F. The molecule has 2 N–H and O–H groups in total. The minimum absolute atomic E-state index is 0.0170. The summed E-state index contributed by atoms with van der Waals surface area (Å²) in [6.45, 7) is 4.34. The van der Waals surface area contributed by atoms with E-state index in [0.717, 1.165) is 22.2 Å². The van der Waals surface area contributed by atoms with Crippen LogP contribution in [-0.2, 0) is 13.6 Å². The number of aliphatic hydroxyl groups is 1. The molecule has 0 spiro atoms. The fraction of sp³-hybridized carbons (Fsp3) is 0.350. The number of hydrogen-bond donors (Lipinski definition) is 2. The number of aryl methyl sites for hydroxylation is 1. The molecular formula is C20H24FN3O. The predicted molar refractivity (Wildman–Crippen MR) is 98.7 cm³/mol. The first-order valence-corrected chi connectivity index (χ1v) is 8.54. The first-order chi connectivity index (χ1) is 12.0. The summed E-state index contributed by atoms with van der Waals surface area (Å²) < 4.78 is 16.2. The molecular weight excluding hydrogens is 317 g/mol. The van der Waals surface area contributed by atoms with Crippen molar-refractivity contribution in [2.24, 2.45) is 13.0 Å². The van der Waals surface area contributed by atoms with E-state index in [2.05, 4.69) is 27.0 Å². The number of hydrogen-bond acceptors (Lipinski definition) is 3. The minimum atomic E-state index is -0.336. The third-order valence-corrected chi connectivity index (χ3v) is 4.64. The number of halogens is 1. The summed E-state index contributed by atoms with van der Waals surface area (Å²) in [5.41, 5.74) is 3.18. The van der Waals surface area contributed by atoms with Gasteiger partial charge in [-0.05, 0) is 35.6 Å². The van der Waals surface area contributed by atoms with Gasteiger partial charge in [-0.2, -0.15) is 0 Å². The van der Waals surface area contributed by atoms with E-state index in [9.17, 15) is 9.50 Å².